The molecule has 0 aliphatic heterocycles. The van der Waals surface area contributed by atoms with Gasteiger partial charge in [0.05, 0.1) is 12.3 Å². The van der Waals surface area contributed by atoms with Crippen LogP contribution < -0.4 is 5.73 Å². The number of aromatic nitrogens is 2. The lowest BCUT2D eigenvalue weighted by atomic mass is 10.3. The molecule has 0 radical (unpaired) electrons. The number of benzene rings is 1. The molecule has 5 nitrogen and oxygen atoms in total. The number of hydrogen-bond acceptors (Lipinski definition) is 4. The number of nitrogens with two attached hydrogens (primary N) is 1. The van der Waals surface area contributed by atoms with Crippen LogP contribution in [0.2, 0.25) is 0 Å². The van der Waals surface area contributed by atoms with E-state index in [9.17, 15) is 4.79 Å². The number of nitrogens with zero attached hydrogens (tertiary/aromatic N) is 2. The van der Waals surface area contributed by atoms with E-state index in [1.807, 2.05) is 19.1 Å². The summed E-state index contributed by atoms with van der Waals surface area (Å²) in [5.41, 5.74) is 8.36. The number of ether oxygens (including phenoxy) is 1. The van der Waals surface area contributed by atoms with Crippen LogP contribution in [0, 0.1) is 6.92 Å². The number of hydrogen-bond donors (Lipinski definition) is 1. The molecule has 94 valence electrons. The van der Waals surface area contributed by atoms with E-state index in [4.69, 9.17) is 10.5 Å². The van der Waals surface area contributed by atoms with E-state index in [1.165, 1.54) is 0 Å². The second-order valence-corrected chi connectivity index (χ2v) is 3.90. The summed E-state index contributed by atoms with van der Waals surface area (Å²) >= 11 is 0. The Morgan fingerprint density at radius 3 is 2.89 bits per heavy atom. The summed E-state index contributed by atoms with van der Waals surface area (Å²) in [5.74, 6) is -0.414. The van der Waals surface area contributed by atoms with E-state index in [0.717, 1.165) is 11.4 Å². The average Bonchev–Trinajstić information content (AvgIpc) is 2.72. The third-order valence-electron chi connectivity index (χ3n) is 2.49. The molecule has 2 aromatic rings. The molecule has 0 saturated carbocycles. The van der Waals surface area contributed by atoms with Crippen molar-refractivity contribution in [1.29, 1.82) is 0 Å². The summed E-state index contributed by atoms with van der Waals surface area (Å²) in [6, 6.07) is 9.02. The van der Waals surface area contributed by atoms with Gasteiger partial charge in [-0.2, -0.15) is 5.10 Å². The highest BCUT2D eigenvalue weighted by Gasteiger charge is 2.13. The molecule has 18 heavy (non-hydrogen) atoms. The minimum absolute atomic E-state index is 0.303. The molecule has 0 aliphatic carbocycles. The molecule has 0 amide bonds. The van der Waals surface area contributed by atoms with E-state index < -0.39 is 5.97 Å². The zero-order valence-electron chi connectivity index (χ0n) is 10.4. The highest BCUT2D eigenvalue weighted by atomic mass is 16.5. The smallest absolute Gasteiger partial charge is 0.358 e. The molecule has 0 aliphatic rings. The molecule has 0 unspecified atom stereocenters. The molecule has 2 rings (SSSR count). The summed E-state index contributed by atoms with van der Waals surface area (Å²) in [5, 5.41) is 4.23. The predicted molar refractivity (Wildman–Crippen MR) is 68.7 cm³/mol. The number of esters is 1. The number of nitrogen functional groups attached to an aromatic ring is 1. The Labute approximate surface area is 105 Å². The summed E-state index contributed by atoms with van der Waals surface area (Å²) in [7, 11) is 0. The van der Waals surface area contributed by atoms with Crippen molar-refractivity contribution in [1.82, 2.24) is 9.78 Å². The molecule has 0 bridgehead atoms. The number of carbonyl (C=O) groups excluding carboxylic acids is 1. The Kier molecular flexibility index (Phi) is 3.32. The second-order valence-electron chi connectivity index (χ2n) is 3.90. The molecule has 1 aromatic carbocycles. The highest BCUT2D eigenvalue weighted by molar-refractivity contribution is 5.87. The van der Waals surface area contributed by atoms with E-state index >= 15 is 0 Å². The van der Waals surface area contributed by atoms with Crippen LogP contribution in [0.5, 0.6) is 0 Å². The predicted octanol–water partition coefficient (Wildman–Crippen LogP) is 1.94. The van der Waals surface area contributed by atoms with Gasteiger partial charge in [0.25, 0.3) is 0 Å². The van der Waals surface area contributed by atoms with Crippen molar-refractivity contribution in [3.05, 3.63) is 41.7 Å². The largest absolute Gasteiger partial charge is 0.461 e. The van der Waals surface area contributed by atoms with Gasteiger partial charge in [-0.1, -0.05) is 6.07 Å². The van der Waals surface area contributed by atoms with Crippen LogP contribution >= 0.6 is 0 Å². The van der Waals surface area contributed by atoms with Crippen LogP contribution in [0.25, 0.3) is 5.69 Å². The van der Waals surface area contributed by atoms with Crippen molar-refractivity contribution >= 4 is 11.7 Å². The number of carbonyl (C=O) groups is 1. The van der Waals surface area contributed by atoms with Gasteiger partial charge in [0.1, 0.15) is 0 Å². The lowest BCUT2D eigenvalue weighted by molar-refractivity contribution is 0.0519. The molecule has 1 heterocycles. The van der Waals surface area contributed by atoms with E-state index in [1.54, 1.807) is 29.8 Å². The van der Waals surface area contributed by atoms with Crippen LogP contribution in [0.4, 0.5) is 5.69 Å². The highest BCUT2D eigenvalue weighted by Crippen LogP contribution is 2.15. The molecule has 0 saturated heterocycles. The Balaban J connectivity index is 2.38. The van der Waals surface area contributed by atoms with Gasteiger partial charge in [0, 0.05) is 11.4 Å². The van der Waals surface area contributed by atoms with Crippen molar-refractivity contribution in [2.24, 2.45) is 0 Å². The van der Waals surface area contributed by atoms with Gasteiger partial charge in [0.2, 0.25) is 0 Å². The van der Waals surface area contributed by atoms with Gasteiger partial charge in [-0.15, -0.1) is 0 Å². The minimum Gasteiger partial charge on any atom is -0.461 e. The van der Waals surface area contributed by atoms with Crippen molar-refractivity contribution in [3.63, 3.8) is 0 Å². The van der Waals surface area contributed by atoms with Crippen molar-refractivity contribution in [2.75, 3.05) is 12.3 Å². The van der Waals surface area contributed by atoms with Gasteiger partial charge in [-0.25, -0.2) is 9.48 Å². The van der Waals surface area contributed by atoms with Crippen molar-refractivity contribution in [2.45, 2.75) is 13.8 Å². The van der Waals surface area contributed by atoms with E-state index in [-0.39, 0.29) is 0 Å². The summed E-state index contributed by atoms with van der Waals surface area (Å²) in [6.45, 7) is 3.97. The summed E-state index contributed by atoms with van der Waals surface area (Å²) < 4.78 is 6.59. The van der Waals surface area contributed by atoms with Gasteiger partial charge in [-0.3, -0.25) is 0 Å². The fourth-order valence-corrected chi connectivity index (χ4v) is 1.70. The Morgan fingerprint density at radius 2 is 2.22 bits per heavy atom. The Hall–Kier alpha value is -2.30. The molecule has 2 N–H and O–H groups in total. The minimum atomic E-state index is -0.414. The zero-order valence-corrected chi connectivity index (χ0v) is 10.4. The molecule has 0 atom stereocenters. The maximum Gasteiger partial charge on any atom is 0.358 e. The first kappa shape index (κ1) is 12.2. The zero-order chi connectivity index (χ0) is 13.1. The lowest BCUT2D eigenvalue weighted by Crippen LogP contribution is -2.07. The second kappa shape index (κ2) is 4.91. The monoisotopic (exact) mass is 245 g/mol. The third-order valence-corrected chi connectivity index (χ3v) is 2.49. The van der Waals surface area contributed by atoms with Crippen LogP contribution in [-0.4, -0.2) is 22.4 Å². The van der Waals surface area contributed by atoms with Crippen LogP contribution in [0.15, 0.2) is 30.3 Å². The van der Waals surface area contributed by atoms with Crippen molar-refractivity contribution < 1.29 is 9.53 Å². The fourth-order valence-electron chi connectivity index (χ4n) is 1.70. The van der Waals surface area contributed by atoms with E-state index in [0.29, 0.717) is 18.0 Å². The maximum atomic E-state index is 11.6. The standard InChI is InChI=1S/C13H15N3O2/c1-3-18-13(17)12-7-9(2)16(15-12)11-6-4-5-10(14)8-11/h4-8H,3,14H2,1-2H3. The maximum absolute atomic E-state index is 11.6. The molecule has 0 spiro atoms. The first-order valence-electron chi connectivity index (χ1n) is 5.71. The molecule has 1 aromatic heterocycles. The number of aryl methyl sites for hydroxylation is 1. The summed E-state index contributed by atoms with van der Waals surface area (Å²) in [4.78, 5) is 11.6. The molecular formula is C13H15N3O2. The normalized spacial score (nSPS) is 10.3. The first-order valence-corrected chi connectivity index (χ1v) is 5.71. The molecule has 5 heteroatoms. The van der Waals surface area contributed by atoms with Crippen LogP contribution in [0.3, 0.4) is 0 Å². The quantitative estimate of drug-likeness (QED) is 0.662. The van der Waals surface area contributed by atoms with Crippen molar-refractivity contribution in [3.8, 4) is 5.69 Å². The topological polar surface area (TPSA) is 70.1 Å². The number of rotatable bonds is 3. The fraction of sp³-hybridized carbons (Fsp3) is 0.231. The van der Waals surface area contributed by atoms with Gasteiger partial charge in [0.15, 0.2) is 5.69 Å². The Bertz CT molecular complexity index is 575. The first-order chi connectivity index (χ1) is 8.61. The van der Waals surface area contributed by atoms with Crippen LogP contribution in [-0.2, 0) is 4.74 Å². The SMILES string of the molecule is CCOC(=O)c1cc(C)n(-c2cccc(N)c2)n1. The van der Waals surface area contributed by atoms with Gasteiger partial charge < -0.3 is 10.5 Å². The van der Waals surface area contributed by atoms with Gasteiger partial charge in [-0.05, 0) is 38.1 Å². The lowest BCUT2D eigenvalue weighted by Gasteiger charge is -2.04. The van der Waals surface area contributed by atoms with E-state index in [2.05, 4.69) is 5.10 Å². The Morgan fingerprint density at radius 1 is 1.44 bits per heavy atom. The summed E-state index contributed by atoms with van der Waals surface area (Å²) in [6.07, 6.45) is 0. The van der Waals surface area contributed by atoms with Gasteiger partial charge >= 0.3 is 5.97 Å². The number of anilines is 1. The van der Waals surface area contributed by atoms with Crippen LogP contribution in [0.1, 0.15) is 23.1 Å². The third kappa shape index (κ3) is 2.34. The molecule has 0 fully saturated rings. The molecular weight excluding hydrogens is 230 g/mol. The average molecular weight is 245 g/mol.